The smallest absolute Gasteiger partial charge is 0.326 e. The number of hydrogen-bond donors (Lipinski definition) is 2. The number of pyridine rings is 1. The molecule has 1 spiro atoms. The summed E-state index contributed by atoms with van der Waals surface area (Å²) >= 11 is 0. The summed E-state index contributed by atoms with van der Waals surface area (Å²) in [5.74, 6) is 4.42. The van der Waals surface area contributed by atoms with Gasteiger partial charge in [-0.25, -0.2) is 28.5 Å². The van der Waals surface area contributed by atoms with E-state index in [9.17, 15) is 23.8 Å². The molecule has 3 aliphatic rings. The number of carboxylic acid groups (broad SMARTS) is 1. The highest BCUT2D eigenvalue weighted by atomic mass is 19.3. The number of carbonyl (C=O) groups is 1. The second-order valence-corrected chi connectivity index (χ2v) is 13.1. The summed E-state index contributed by atoms with van der Waals surface area (Å²) in [7, 11) is 0. The number of alkyl halides is 2. The minimum Gasteiger partial charge on any atom is -0.480 e. The van der Waals surface area contributed by atoms with E-state index in [1.54, 1.807) is 44.3 Å². The standard InChI is InChI=1S/C34H35F2N5O7/c1-19-34(17-45-18-34)46-12-11-40(19)23-13-20(7-6-10-33(2,3)44)15-37-31(23)47-21-14-24(32(42)43)41(16-21)30-27-26(38-29(39-30)28(35)36)22-8-4-5-9-25(22)48-27/h4-5,8-9,13,15,19,21,24,28,44H,10-12,14,16-18H2,1-3H3,(H,42,43)/t19-,21-,24-/m0/s1. The molecule has 3 saturated heterocycles. The Morgan fingerprint density at radius 1 is 1.23 bits per heavy atom. The van der Waals surface area contributed by atoms with Crippen LogP contribution in [0.1, 0.15) is 51.4 Å². The SMILES string of the molecule is C[C@@H]1N(c2cc(C#CCC(C)(C)O)cnc2O[C@H]2C[C@@H](C(=O)O)N(c3nc(C(F)F)nc4c3oc3ccccc34)C2)CCOC12COC2. The van der Waals surface area contributed by atoms with Gasteiger partial charge < -0.3 is 38.6 Å². The molecule has 0 aliphatic carbocycles. The van der Waals surface area contributed by atoms with Gasteiger partial charge >= 0.3 is 5.97 Å². The number of aliphatic hydroxyl groups is 1. The van der Waals surface area contributed by atoms with Crippen LogP contribution in [0.25, 0.3) is 22.1 Å². The lowest BCUT2D eigenvalue weighted by Gasteiger charge is -2.53. The molecule has 0 radical (unpaired) electrons. The zero-order valence-electron chi connectivity index (χ0n) is 26.7. The minimum absolute atomic E-state index is 0.00745. The minimum atomic E-state index is -2.99. The molecule has 12 nitrogen and oxygen atoms in total. The molecule has 0 unspecified atom stereocenters. The third-order valence-corrected chi connectivity index (χ3v) is 9.05. The third kappa shape index (κ3) is 5.86. The average molecular weight is 664 g/mol. The number of nitrogens with zero attached hydrogens (tertiary/aromatic N) is 5. The highest BCUT2D eigenvalue weighted by molar-refractivity contribution is 6.06. The van der Waals surface area contributed by atoms with Crippen molar-refractivity contribution in [3.05, 3.63) is 47.9 Å². The largest absolute Gasteiger partial charge is 0.480 e. The molecule has 0 amide bonds. The fourth-order valence-electron chi connectivity index (χ4n) is 6.46. The maximum Gasteiger partial charge on any atom is 0.326 e. The van der Waals surface area contributed by atoms with Gasteiger partial charge in [-0.2, -0.15) is 0 Å². The maximum atomic E-state index is 14.0. The molecule has 4 aromatic rings. The number of aliphatic carboxylic acids is 1. The molecule has 2 N–H and O–H groups in total. The van der Waals surface area contributed by atoms with Crippen molar-refractivity contribution in [2.24, 2.45) is 0 Å². The quantitative estimate of drug-likeness (QED) is 0.272. The fraction of sp³-hybridized carbons (Fsp3) is 0.471. The second-order valence-electron chi connectivity index (χ2n) is 13.1. The van der Waals surface area contributed by atoms with Gasteiger partial charge in [0.15, 0.2) is 17.2 Å². The molecule has 1 aromatic carbocycles. The molecule has 6 heterocycles. The van der Waals surface area contributed by atoms with Crippen LogP contribution in [0.15, 0.2) is 40.9 Å². The van der Waals surface area contributed by atoms with Gasteiger partial charge in [-0.1, -0.05) is 24.0 Å². The molecule has 3 aliphatic heterocycles. The lowest BCUT2D eigenvalue weighted by atomic mass is 9.90. The summed E-state index contributed by atoms with van der Waals surface area (Å²) in [6.07, 6.45) is -1.83. The Morgan fingerprint density at radius 3 is 2.73 bits per heavy atom. The fourth-order valence-corrected chi connectivity index (χ4v) is 6.46. The summed E-state index contributed by atoms with van der Waals surface area (Å²) in [5, 5.41) is 20.9. The predicted molar refractivity (Wildman–Crippen MR) is 170 cm³/mol. The van der Waals surface area contributed by atoms with E-state index in [0.717, 1.165) is 0 Å². The second kappa shape index (κ2) is 12.1. The van der Waals surface area contributed by atoms with Crippen LogP contribution in [0, 0.1) is 11.8 Å². The molecule has 0 bridgehead atoms. The van der Waals surface area contributed by atoms with Crippen LogP contribution >= 0.6 is 0 Å². The van der Waals surface area contributed by atoms with Gasteiger partial charge in [0.25, 0.3) is 6.43 Å². The van der Waals surface area contributed by atoms with Crippen molar-refractivity contribution >= 4 is 39.5 Å². The lowest BCUT2D eigenvalue weighted by molar-refractivity contribution is -0.228. The van der Waals surface area contributed by atoms with Gasteiger partial charge in [-0.05, 0) is 39.0 Å². The molecule has 0 saturated carbocycles. The Balaban J connectivity index is 1.24. The predicted octanol–water partition coefficient (Wildman–Crippen LogP) is 4.33. The summed E-state index contributed by atoms with van der Waals surface area (Å²) in [6.45, 7) is 7.31. The monoisotopic (exact) mass is 663 g/mol. The summed E-state index contributed by atoms with van der Waals surface area (Å²) in [5.41, 5.74) is 0.550. The number of anilines is 2. The molecule has 7 rings (SSSR count). The molecule has 14 heteroatoms. The zero-order chi connectivity index (χ0) is 33.8. The van der Waals surface area contributed by atoms with Gasteiger partial charge in [0.2, 0.25) is 5.88 Å². The Bertz CT molecular complexity index is 1930. The van der Waals surface area contributed by atoms with Crippen molar-refractivity contribution in [1.29, 1.82) is 0 Å². The highest BCUT2D eigenvalue weighted by Gasteiger charge is 2.50. The number of rotatable bonds is 7. The first-order valence-corrected chi connectivity index (χ1v) is 15.8. The number of benzene rings is 1. The van der Waals surface area contributed by atoms with E-state index in [-0.39, 0.29) is 48.2 Å². The molecule has 3 fully saturated rings. The van der Waals surface area contributed by atoms with E-state index in [1.165, 1.54) is 4.90 Å². The van der Waals surface area contributed by atoms with E-state index < -0.39 is 41.6 Å². The van der Waals surface area contributed by atoms with Crippen LogP contribution in [0.3, 0.4) is 0 Å². The Labute approximate surface area is 274 Å². The van der Waals surface area contributed by atoms with Gasteiger partial charge in [0.1, 0.15) is 34.5 Å². The van der Waals surface area contributed by atoms with Crippen LogP contribution in [0.2, 0.25) is 0 Å². The third-order valence-electron chi connectivity index (χ3n) is 9.05. The van der Waals surface area contributed by atoms with Crippen LogP contribution in [-0.4, -0.2) is 93.4 Å². The van der Waals surface area contributed by atoms with E-state index in [4.69, 9.17) is 18.6 Å². The number of fused-ring (bicyclic) bond motifs is 3. The van der Waals surface area contributed by atoms with E-state index >= 15 is 0 Å². The van der Waals surface area contributed by atoms with Crippen molar-refractivity contribution in [2.45, 2.75) is 69.4 Å². The number of aromatic nitrogens is 3. The summed E-state index contributed by atoms with van der Waals surface area (Å²) in [6, 6.07) is 7.49. The number of morpholine rings is 1. The maximum absolute atomic E-state index is 14.0. The Hall–Kier alpha value is -4.58. The van der Waals surface area contributed by atoms with E-state index in [0.29, 0.717) is 48.6 Å². The number of furan rings is 1. The van der Waals surface area contributed by atoms with Crippen LogP contribution in [-0.2, 0) is 14.3 Å². The summed E-state index contributed by atoms with van der Waals surface area (Å²) in [4.78, 5) is 29.0. The summed E-state index contributed by atoms with van der Waals surface area (Å²) < 4.78 is 52.2. The van der Waals surface area contributed by atoms with Crippen molar-refractivity contribution in [3.63, 3.8) is 0 Å². The molecule has 252 valence electrons. The van der Waals surface area contributed by atoms with Crippen molar-refractivity contribution in [3.8, 4) is 17.7 Å². The van der Waals surface area contributed by atoms with E-state index in [2.05, 4.69) is 31.7 Å². The number of halogens is 2. The molecule has 3 atom stereocenters. The first-order valence-electron chi connectivity index (χ1n) is 15.8. The zero-order valence-corrected chi connectivity index (χ0v) is 26.7. The molecule has 48 heavy (non-hydrogen) atoms. The number of ether oxygens (including phenoxy) is 3. The first-order chi connectivity index (χ1) is 22.9. The van der Waals surface area contributed by atoms with Crippen molar-refractivity contribution in [1.82, 2.24) is 15.0 Å². The van der Waals surface area contributed by atoms with Gasteiger partial charge in [-0.3, -0.25) is 0 Å². The van der Waals surface area contributed by atoms with Crippen molar-refractivity contribution < 1.29 is 42.4 Å². The normalized spacial score (nSPS) is 22.3. The molecular weight excluding hydrogens is 628 g/mol. The average Bonchev–Trinajstić information content (AvgIpc) is 3.62. The highest BCUT2D eigenvalue weighted by Crippen LogP contribution is 2.41. The van der Waals surface area contributed by atoms with Crippen LogP contribution in [0.5, 0.6) is 5.88 Å². The Kier molecular flexibility index (Phi) is 8.09. The van der Waals surface area contributed by atoms with Gasteiger partial charge in [-0.15, -0.1) is 0 Å². The number of carboxylic acids is 1. The van der Waals surface area contributed by atoms with Gasteiger partial charge in [0, 0.05) is 36.5 Å². The number of para-hydroxylation sites is 1. The molecule has 3 aromatic heterocycles. The Morgan fingerprint density at radius 2 is 2.02 bits per heavy atom. The van der Waals surface area contributed by atoms with Crippen molar-refractivity contribution in [2.75, 3.05) is 42.7 Å². The first kappa shape index (κ1) is 32.0. The lowest BCUT2D eigenvalue weighted by Crippen LogP contribution is -2.68. The van der Waals surface area contributed by atoms with E-state index in [1.807, 2.05) is 13.0 Å². The topological polar surface area (TPSA) is 144 Å². The number of hydrogen-bond acceptors (Lipinski definition) is 11. The molecular formula is C34H35F2N5O7. The van der Waals surface area contributed by atoms with Gasteiger partial charge in [0.05, 0.1) is 38.0 Å². The van der Waals surface area contributed by atoms with Crippen LogP contribution < -0.4 is 14.5 Å². The van der Waals surface area contributed by atoms with Crippen LogP contribution in [0.4, 0.5) is 20.3 Å².